The predicted octanol–water partition coefficient (Wildman–Crippen LogP) is 2.14. The molecule has 2 amide bonds. The van der Waals surface area contributed by atoms with Crippen molar-refractivity contribution in [2.24, 2.45) is 5.73 Å². The second-order valence-corrected chi connectivity index (χ2v) is 6.31. The lowest BCUT2D eigenvalue weighted by Gasteiger charge is -2.32. The maximum atomic E-state index is 13.1. The van der Waals surface area contributed by atoms with Crippen molar-refractivity contribution in [3.63, 3.8) is 0 Å². The number of aryl methyl sites for hydroxylation is 2. The first kappa shape index (κ1) is 16.2. The van der Waals surface area contributed by atoms with Crippen molar-refractivity contribution >= 4 is 17.5 Å². The fraction of sp³-hybridized carbons (Fsp3) is 0.389. The van der Waals surface area contributed by atoms with Crippen LogP contribution >= 0.6 is 0 Å². The number of anilines is 1. The fourth-order valence-corrected chi connectivity index (χ4v) is 3.45. The first-order valence-corrected chi connectivity index (χ1v) is 8.16. The van der Waals surface area contributed by atoms with E-state index in [1.165, 1.54) is 0 Å². The highest BCUT2D eigenvalue weighted by Gasteiger charge is 2.29. The van der Waals surface area contributed by atoms with Gasteiger partial charge in [-0.25, -0.2) is 0 Å². The third kappa shape index (κ3) is 2.68. The second kappa shape index (κ2) is 6.11. The topological polar surface area (TPSA) is 81.2 Å². The molecular weight excluding hydrogens is 304 g/mol. The van der Waals surface area contributed by atoms with Gasteiger partial charge in [0.05, 0.1) is 5.69 Å². The van der Waals surface area contributed by atoms with Crippen molar-refractivity contribution in [1.29, 1.82) is 0 Å². The smallest absolute Gasteiger partial charge is 0.251 e. The number of nitrogens with zero attached hydrogens (tertiary/aromatic N) is 3. The highest BCUT2D eigenvalue weighted by molar-refractivity contribution is 6.01. The lowest BCUT2D eigenvalue weighted by molar-refractivity contribution is -0.121. The molecule has 0 radical (unpaired) electrons. The van der Waals surface area contributed by atoms with Crippen LogP contribution in [0.1, 0.15) is 46.7 Å². The number of hydrogen-bond acceptors (Lipinski definition) is 3. The Bertz CT molecular complexity index is 809. The standard InChI is InChI=1S/C18H22N4O2/c1-11-10-12(2)22(20-11)13(3)18(24)21-9-5-7-14-15(17(19)23)6-4-8-16(14)21/h4,6,8,10,13H,5,7,9H2,1-3H3,(H2,19,23). The van der Waals surface area contributed by atoms with E-state index in [0.717, 1.165) is 35.5 Å². The Morgan fingerprint density at radius 1 is 1.29 bits per heavy atom. The summed E-state index contributed by atoms with van der Waals surface area (Å²) in [5.74, 6) is -0.475. The van der Waals surface area contributed by atoms with Gasteiger partial charge in [0.2, 0.25) is 5.91 Å². The lowest BCUT2D eigenvalue weighted by atomic mass is 9.95. The van der Waals surface area contributed by atoms with Crippen LogP contribution in [0.25, 0.3) is 0 Å². The normalized spacial score (nSPS) is 15.0. The van der Waals surface area contributed by atoms with Gasteiger partial charge in [-0.15, -0.1) is 0 Å². The van der Waals surface area contributed by atoms with E-state index in [2.05, 4.69) is 5.10 Å². The van der Waals surface area contributed by atoms with Crippen LogP contribution in [0.4, 0.5) is 5.69 Å². The average Bonchev–Trinajstić information content (AvgIpc) is 2.90. The Kier molecular flexibility index (Phi) is 4.13. The van der Waals surface area contributed by atoms with Gasteiger partial charge < -0.3 is 10.6 Å². The number of carbonyl (C=O) groups is 2. The average molecular weight is 326 g/mol. The molecule has 1 atom stereocenters. The molecule has 0 aliphatic carbocycles. The summed E-state index contributed by atoms with van der Waals surface area (Å²) in [5.41, 5.74) is 9.48. The summed E-state index contributed by atoms with van der Waals surface area (Å²) in [7, 11) is 0. The molecule has 1 aliphatic rings. The molecule has 1 unspecified atom stereocenters. The van der Waals surface area contributed by atoms with Crippen LogP contribution in [0.3, 0.4) is 0 Å². The van der Waals surface area contributed by atoms with Crippen LogP contribution in [0.2, 0.25) is 0 Å². The predicted molar refractivity (Wildman–Crippen MR) is 92.0 cm³/mol. The molecule has 2 heterocycles. The molecule has 126 valence electrons. The number of primary amides is 1. The number of hydrogen-bond donors (Lipinski definition) is 1. The zero-order chi connectivity index (χ0) is 17.4. The number of nitrogens with two attached hydrogens (primary N) is 1. The van der Waals surface area contributed by atoms with Crippen molar-refractivity contribution in [2.75, 3.05) is 11.4 Å². The third-order valence-electron chi connectivity index (χ3n) is 4.55. The first-order valence-electron chi connectivity index (χ1n) is 8.16. The summed E-state index contributed by atoms with van der Waals surface area (Å²) in [6.45, 7) is 6.35. The minimum atomic E-state index is -0.451. The molecular formula is C18H22N4O2. The van der Waals surface area contributed by atoms with Crippen molar-refractivity contribution in [2.45, 2.75) is 39.7 Å². The van der Waals surface area contributed by atoms with E-state index >= 15 is 0 Å². The first-order chi connectivity index (χ1) is 11.4. The van der Waals surface area contributed by atoms with E-state index in [1.54, 1.807) is 21.7 Å². The Morgan fingerprint density at radius 2 is 2.04 bits per heavy atom. The Morgan fingerprint density at radius 3 is 2.67 bits per heavy atom. The van der Waals surface area contributed by atoms with Gasteiger partial charge in [-0.2, -0.15) is 5.10 Å². The van der Waals surface area contributed by atoms with Crippen LogP contribution in [0.15, 0.2) is 24.3 Å². The maximum Gasteiger partial charge on any atom is 0.251 e. The fourth-order valence-electron chi connectivity index (χ4n) is 3.45. The number of rotatable bonds is 3. The van der Waals surface area contributed by atoms with Gasteiger partial charge in [0.1, 0.15) is 6.04 Å². The number of carbonyl (C=O) groups excluding carboxylic acids is 2. The molecule has 0 bridgehead atoms. The monoisotopic (exact) mass is 326 g/mol. The summed E-state index contributed by atoms with van der Waals surface area (Å²) in [5, 5.41) is 4.42. The third-order valence-corrected chi connectivity index (χ3v) is 4.55. The molecule has 2 N–H and O–H groups in total. The highest BCUT2D eigenvalue weighted by Crippen LogP contribution is 2.31. The molecule has 2 aromatic rings. The maximum absolute atomic E-state index is 13.1. The Hall–Kier alpha value is -2.63. The molecule has 24 heavy (non-hydrogen) atoms. The minimum absolute atomic E-state index is 0.0243. The Balaban J connectivity index is 1.97. The van der Waals surface area contributed by atoms with E-state index in [1.807, 2.05) is 32.9 Å². The van der Waals surface area contributed by atoms with E-state index in [0.29, 0.717) is 12.1 Å². The molecule has 1 aromatic heterocycles. The molecule has 6 heteroatoms. The number of aromatic nitrogens is 2. The van der Waals surface area contributed by atoms with Gasteiger partial charge in [0.15, 0.2) is 0 Å². The van der Waals surface area contributed by atoms with E-state index < -0.39 is 11.9 Å². The summed E-state index contributed by atoms with van der Waals surface area (Å²) in [6.07, 6.45) is 1.57. The molecule has 0 fully saturated rings. The number of benzene rings is 1. The van der Waals surface area contributed by atoms with Crippen molar-refractivity contribution < 1.29 is 9.59 Å². The summed E-state index contributed by atoms with van der Waals surface area (Å²) < 4.78 is 1.75. The zero-order valence-corrected chi connectivity index (χ0v) is 14.2. The number of fused-ring (bicyclic) bond motifs is 1. The minimum Gasteiger partial charge on any atom is -0.366 e. The SMILES string of the molecule is Cc1cc(C)n(C(C)C(=O)N2CCCc3c(C(N)=O)cccc32)n1. The largest absolute Gasteiger partial charge is 0.366 e. The van der Waals surface area contributed by atoms with Gasteiger partial charge in [-0.05, 0) is 57.4 Å². The van der Waals surface area contributed by atoms with Crippen molar-refractivity contribution in [1.82, 2.24) is 9.78 Å². The quantitative estimate of drug-likeness (QED) is 0.938. The molecule has 6 nitrogen and oxygen atoms in total. The van der Waals surface area contributed by atoms with Crippen LogP contribution in [-0.4, -0.2) is 28.1 Å². The van der Waals surface area contributed by atoms with Gasteiger partial charge >= 0.3 is 0 Å². The van der Waals surface area contributed by atoms with Crippen molar-refractivity contribution in [3.8, 4) is 0 Å². The molecule has 0 spiro atoms. The summed E-state index contributed by atoms with van der Waals surface area (Å²) in [6, 6.07) is 6.94. The van der Waals surface area contributed by atoms with Gasteiger partial charge in [0, 0.05) is 23.5 Å². The van der Waals surface area contributed by atoms with E-state index in [4.69, 9.17) is 5.73 Å². The molecule has 3 rings (SSSR count). The molecule has 0 saturated carbocycles. The van der Waals surface area contributed by atoms with E-state index in [9.17, 15) is 9.59 Å². The second-order valence-electron chi connectivity index (χ2n) is 6.31. The van der Waals surface area contributed by atoms with Gasteiger partial charge in [0.25, 0.3) is 5.91 Å². The van der Waals surface area contributed by atoms with Crippen LogP contribution in [0.5, 0.6) is 0 Å². The zero-order valence-electron chi connectivity index (χ0n) is 14.2. The summed E-state index contributed by atoms with van der Waals surface area (Å²) >= 11 is 0. The van der Waals surface area contributed by atoms with Crippen molar-refractivity contribution in [3.05, 3.63) is 46.8 Å². The van der Waals surface area contributed by atoms with Crippen LogP contribution in [-0.2, 0) is 11.2 Å². The summed E-state index contributed by atoms with van der Waals surface area (Å²) in [4.78, 5) is 26.5. The van der Waals surface area contributed by atoms with Crippen LogP contribution in [0, 0.1) is 13.8 Å². The highest BCUT2D eigenvalue weighted by atomic mass is 16.2. The Labute approximate surface area is 141 Å². The molecule has 0 saturated heterocycles. The molecule has 1 aliphatic heterocycles. The lowest BCUT2D eigenvalue weighted by Crippen LogP contribution is -2.40. The van der Waals surface area contributed by atoms with E-state index in [-0.39, 0.29) is 5.91 Å². The van der Waals surface area contributed by atoms with Crippen LogP contribution < -0.4 is 10.6 Å². The van der Waals surface area contributed by atoms with Gasteiger partial charge in [-0.1, -0.05) is 6.07 Å². The van der Waals surface area contributed by atoms with Gasteiger partial charge in [-0.3, -0.25) is 14.3 Å². The molecule has 1 aromatic carbocycles. The number of amides is 2.